The van der Waals surface area contributed by atoms with Crippen molar-refractivity contribution >= 4 is 28.4 Å². The number of aromatic nitrogens is 2. The maximum Gasteiger partial charge on any atom is 0.336 e. The molecular formula is C29H30N4O5. The molecular weight excluding hydrogens is 484 g/mol. The largest absolute Gasteiger partial charge is 0.495 e. The SMILES string of the molecule is COc1ccccc1NC(=O)Cn1c(=O)n(-c2ccc(CC(=O)NCC(C)C)cc2)c(=O)c2ccccc21. The summed E-state index contributed by atoms with van der Waals surface area (Å²) in [6.07, 6.45) is 0.187. The topological polar surface area (TPSA) is 111 Å². The molecule has 4 aromatic rings. The van der Waals surface area contributed by atoms with Crippen molar-refractivity contribution in [3.63, 3.8) is 0 Å². The second-order valence-corrected chi connectivity index (χ2v) is 9.32. The molecule has 2 N–H and O–H groups in total. The van der Waals surface area contributed by atoms with Gasteiger partial charge >= 0.3 is 5.69 Å². The van der Waals surface area contributed by atoms with Crippen molar-refractivity contribution < 1.29 is 14.3 Å². The molecule has 1 aromatic heterocycles. The van der Waals surface area contributed by atoms with Crippen LogP contribution in [-0.4, -0.2) is 34.6 Å². The van der Waals surface area contributed by atoms with E-state index in [2.05, 4.69) is 10.6 Å². The van der Waals surface area contributed by atoms with E-state index in [9.17, 15) is 19.2 Å². The molecule has 0 spiro atoms. The van der Waals surface area contributed by atoms with Crippen LogP contribution in [-0.2, 0) is 22.6 Å². The van der Waals surface area contributed by atoms with Crippen molar-refractivity contribution in [1.29, 1.82) is 0 Å². The Hall–Kier alpha value is -4.66. The van der Waals surface area contributed by atoms with Gasteiger partial charge in [0.2, 0.25) is 11.8 Å². The molecule has 3 aromatic carbocycles. The van der Waals surface area contributed by atoms with Gasteiger partial charge in [0.25, 0.3) is 5.56 Å². The third-order valence-corrected chi connectivity index (χ3v) is 6.00. The van der Waals surface area contributed by atoms with E-state index in [-0.39, 0.29) is 18.9 Å². The summed E-state index contributed by atoms with van der Waals surface area (Å²) in [7, 11) is 1.50. The summed E-state index contributed by atoms with van der Waals surface area (Å²) < 4.78 is 7.60. The summed E-state index contributed by atoms with van der Waals surface area (Å²) in [6, 6.07) is 20.3. The van der Waals surface area contributed by atoms with Gasteiger partial charge in [0.1, 0.15) is 12.3 Å². The van der Waals surface area contributed by atoms with Crippen LogP contribution in [0.3, 0.4) is 0 Å². The number of carbonyl (C=O) groups excluding carboxylic acids is 2. The molecule has 0 aliphatic rings. The average molecular weight is 515 g/mol. The first-order chi connectivity index (χ1) is 18.3. The van der Waals surface area contributed by atoms with Crippen LogP contribution in [0.15, 0.2) is 82.4 Å². The van der Waals surface area contributed by atoms with Gasteiger partial charge < -0.3 is 15.4 Å². The highest BCUT2D eigenvalue weighted by atomic mass is 16.5. The van der Waals surface area contributed by atoms with Crippen molar-refractivity contribution in [1.82, 2.24) is 14.5 Å². The second-order valence-electron chi connectivity index (χ2n) is 9.32. The Morgan fingerprint density at radius 2 is 1.58 bits per heavy atom. The molecule has 0 aliphatic carbocycles. The number of anilines is 1. The van der Waals surface area contributed by atoms with Gasteiger partial charge in [-0.25, -0.2) is 9.36 Å². The first-order valence-electron chi connectivity index (χ1n) is 12.3. The van der Waals surface area contributed by atoms with Gasteiger partial charge in [-0.1, -0.05) is 50.2 Å². The molecule has 2 amide bonds. The molecule has 38 heavy (non-hydrogen) atoms. The van der Waals surface area contributed by atoms with Gasteiger partial charge in [-0.3, -0.25) is 19.0 Å². The Kier molecular flexibility index (Phi) is 8.06. The summed E-state index contributed by atoms with van der Waals surface area (Å²) in [5.74, 6) is 0.286. The molecule has 0 saturated heterocycles. The van der Waals surface area contributed by atoms with E-state index in [1.807, 2.05) is 13.8 Å². The van der Waals surface area contributed by atoms with E-state index >= 15 is 0 Å². The molecule has 196 valence electrons. The van der Waals surface area contributed by atoms with E-state index < -0.39 is 17.2 Å². The zero-order valence-electron chi connectivity index (χ0n) is 21.6. The van der Waals surface area contributed by atoms with Crippen LogP contribution in [0, 0.1) is 5.92 Å². The standard InChI is InChI=1S/C29H30N4O5/c1-19(2)17-30-26(34)16-20-12-14-21(15-13-20)33-28(36)22-8-4-6-10-24(22)32(29(33)37)18-27(35)31-23-9-5-7-11-25(23)38-3/h4-15,19H,16-18H2,1-3H3,(H,30,34)(H,31,35). The first kappa shape index (κ1) is 26.4. The van der Waals surface area contributed by atoms with E-state index in [4.69, 9.17) is 4.74 Å². The zero-order valence-corrected chi connectivity index (χ0v) is 21.6. The number of ether oxygens (including phenoxy) is 1. The Morgan fingerprint density at radius 3 is 2.29 bits per heavy atom. The summed E-state index contributed by atoms with van der Waals surface area (Å²) >= 11 is 0. The summed E-state index contributed by atoms with van der Waals surface area (Å²) in [5, 5.41) is 5.94. The van der Waals surface area contributed by atoms with E-state index in [0.717, 1.165) is 10.1 Å². The molecule has 0 radical (unpaired) electrons. The molecule has 9 nitrogen and oxygen atoms in total. The minimum Gasteiger partial charge on any atom is -0.495 e. The number of rotatable bonds is 9. The quantitative estimate of drug-likeness (QED) is 0.357. The van der Waals surface area contributed by atoms with Crippen LogP contribution in [0.25, 0.3) is 16.6 Å². The lowest BCUT2D eigenvalue weighted by molar-refractivity contribution is -0.120. The van der Waals surface area contributed by atoms with Crippen LogP contribution in [0.5, 0.6) is 5.75 Å². The van der Waals surface area contributed by atoms with Crippen LogP contribution in [0.2, 0.25) is 0 Å². The molecule has 9 heteroatoms. The number of carbonyl (C=O) groups is 2. The van der Waals surface area contributed by atoms with Crippen molar-refractivity contribution in [3.05, 3.63) is 99.2 Å². The van der Waals surface area contributed by atoms with Gasteiger partial charge in [0, 0.05) is 6.54 Å². The number of benzene rings is 3. The highest BCUT2D eigenvalue weighted by Gasteiger charge is 2.17. The normalized spacial score (nSPS) is 10.9. The van der Waals surface area contributed by atoms with Gasteiger partial charge in [-0.2, -0.15) is 0 Å². The molecule has 0 saturated carbocycles. The van der Waals surface area contributed by atoms with Crippen LogP contribution >= 0.6 is 0 Å². The number of methoxy groups -OCH3 is 1. The van der Waals surface area contributed by atoms with Crippen molar-refractivity contribution in [3.8, 4) is 11.4 Å². The Balaban J connectivity index is 1.67. The predicted octanol–water partition coefficient (Wildman–Crippen LogP) is 3.11. The van der Waals surface area contributed by atoms with Crippen molar-refractivity contribution in [2.45, 2.75) is 26.8 Å². The van der Waals surface area contributed by atoms with Crippen molar-refractivity contribution in [2.75, 3.05) is 19.0 Å². The third kappa shape index (κ3) is 5.83. The molecule has 4 rings (SSSR count). The fourth-order valence-corrected chi connectivity index (χ4v) is 4.11. The molecule has 0 fully saturated rings. The third-order valence-electron chi connectivity index (χ3n) is 6.00. The lowest BCUT2D eigenvalue weighted by Gasteiger charge is -2.15. The summed E-state index contributed by atoms with van der Waals surface area (Å²) in [5.41, 5.74) is 0.781. The molecule has 0 aliphatic heterocycles. The number of nitrogens with zero attached hydrogens (tertiary/aromatic N) is 2. The van der Waals surface area contributed by atoms with Gasteiger partial charge in [0.15, 0.2) is 0 Å². The minimum absolute atomic E-state index is 0.0993. The van der Waals surface area contributed by atoms with Crippen molar-refractivity contribution in [2.24, 2.45) is 5.92 Å². The summed E-state index contributed by atoms with van der Waals surface area (Å²) in [4.78, 5) is 52.1. The smallest absolute Gasteiger partial charge is 0.336 e. The molecule has 0 unspecified atom stereocenters. The van der Waals surface area contributed by atoms with Gasteiger partial charge in [-0.05, 0) is 47.9 Å². The highest BCUT2D eigenvalue weighted by Crippen LogP contribution is 2.23. The zero-order chi connectivity index (χ0) is 27.2. The number of hydrogen-bond acceptors (Lipinski definition) is 5. The second kappa shape index (κ2) is 11.6. The number of amides is 2. The maximum absolute atomic E-state index is 13.6. The Morgan fingerprint density at radius 1 is 0.895 bits per heavy atom. The number of hydrogen-bond donors (Lipinski definition) is 2. The molecule has 1 heterocycles. The fraction of sp³-hybridized carbons (Fsp3) is 0.241. The van der Waals surface area contributed by atoms with Crippen LogP contribution in [0.1, 0.15) is 19.4 Å². The molecule has 0 bridgehead atoms. The first-order valence-corrected chi connectivity index (χ1v) is 12.3. The lowest BCUT2D eigenvalue weighted by Crippen LogP contribution is -2.40. The maximum atomic E-state index is 13.6. The van der Waals surface area contributed by atoms with E-state index in [1.54, 1.807) is 72.8 Å². The fourth-order valence-electron chi connectivity index (χ4n) is 4.11. The summed E-state index contributed by atoms with van der Waals surface area (Å²) in [6.45, 7) is 4.32. The van der Waals surface area contributed by atoms with Gasteiger partial charge in [-0.15, -0.1) is 0 Å². The van der Waals surface area contributed by atoms with E-state index in [0.29, 0.717) is 40.5 Å². The molecule has 0 atom stereocenters. The minimum atomic E-state index is -0.647. The monoisotopic (exact) mass is 514 g/mol. The van der Waals surface area contributed by atoms with E-state index in [1.165, 1.54) is 11.7 Å². The predicted molar refractivity (Wildman–Crippen MR) is 147 cm³/mol. The highest BCUT2D eigenvalue weighted by molar-refractivity contribution is 5.93. The Labute approximate surface area is 219 Å². The van der Waals surface area contributed by atoms with Crippen LogP contribution < -0.4 is 26.6 Å². The average Bonchev–Trinajstić information content (AvgIpc) is 2.91. The number of nitrogens with one attached hydrogen (secondary N) is 2. The number of para-hydroxylation sites is 3. The number of fused-ring (bicyclic) bond motifs is 1. The lowest BCUT2D eigenvalue weighted by atomic mass is 10.1. The van der Waals surface area contributed by atoms with Crippen LogP contribution in [0.4, 0.5) is 5.69 Å². The van der Waals surface area contributed by atoms with Gasteiger partial charge in [0.05, 0.1) is 35.8 Å². The Bertz CT molecular complexity index is 1590.